The molecule has 0 unspecified atom stereocenters. The van der Waals surface area contributed by atoms with Crippen LogP contribution in [-0.2, 0) is 18.4 Å². The maximum Gasteiger partial charge on any atom is 0.246 e. The van der Waals surface area contributed by atoms with Crippen LogP contribution >= 0.6 is 11.3 Å². The molecule has 4 aromatic heterocycles. The molecule has 9 nitrogen and oxygen atoms in total. The molecule has 2 atom stereocenters. The van der Waals surface area contributed by atoms with Gasteiger partial charge in [-0.2, -0.15) is 5.10 Å². The number of benzene rings is 2. The van der Waals surface area contributed by atoms with Crippen molar-refractivity contribution < 1.29 is 19.0 Å². The van der Waals surface area contributed by atoms with Crippen LogP contribution in [-0.4, -0.2) is 59.5 Å². The third kappa shape index (κ3) is 4.88. The fourth-order valence-corrected chi connectivity index (χ4v) is 7.01. The van der Waals surface area contributed by atoms with Crippen molar-refractivity contribution in [2.45, 2.75) is 32.5 Å². The lowest BCUT2D eigenvalue weighted by molar-refractivity contribution is -0.129. The molecule has 11 heteroatoms. The second-order valence-electron chi connectivity index (χ2n) is 11.3. The molecule has 1 N–H and O–H groups in total. The normalized spacial score (nSPS) is 15.4. The van der Waals surface area contributed by atoms with E-state index in [9.17, 15) is 9.90 Å². The first-order valence-electron chi connectivity index (χ1n) is 14.7. The maximum absolute atomic E-state index is 16.0. The van der Waals surface area contributed by atoms with Gasteiger partial charge in [0.2, 0.25) is 5.91 Å². The van der Waals surface area contributed by atoms with Gasteiger partial charge in [-0.05, 0) is 61.7 Å². The minimum absolute atomic E-state index is 0.00156. The predicted octanol–water partition coefficient (Wildman–Crippen LogP) is 6.37. The number of rotatable bonds is 7. The second kappa shape index (κ2) is 11.2. The standard InChI is InChI=1S/C34H31FN6O3S/c1-5-29(43)40-12-13-41-27(20(40)3)16-25(38-41)33-31(30-23(35)7-6-8-28(30)44-17-19(2)42)34-22(11-14-45-34)32(37-33)21-9-10-26-24(15-21)36-18-39(26)4/h5-11,14-16,18-20,42H,1,12-13,17H2,2-4H3/t19-,20-/m1/s1. The number of amides is 1. The van der Waals surface area contributed by atoms with E-state index in [1.165, 1.54) is 23.5 Å². The van der Waals surface area contributed by atoms with Gasteiger partial charge in [0.15, 0.2) is 0 Å². The van der Waals surface area contributed by atoms with Crippen molar-refractivity contribution in [2.24, 2.45) is 7.05 Å². The van der Waals surface area contributed by atoms with Crippen molar-refractivity contribution in [3.8, 4) is 39.5 Å². The van der Waals surface area contributed by atoms with Crippen molar-refractivity contribution in [1.82, 2.24) is 29.2 Å². The zero-order valence-corrected chi connectivity index (χ0v) is 25.9. The van der Waals surface area contributed by atoms with Gasteiger partial charge < -0.3 is 19.3 Å². The molecule has 2 aromatic carbocycles. The van der Waals surface area contributed by atoms with Crippen LogP contribution in [0.4, 0.5) is 4.39 Å². The SMILES string of the molecule is C=CC(=O)N1CCn2nc(-c3nc(-c4ccc5c(c4)ncn5C)c4ccsc4c3-c3c(F)cccc3OC[C@@H](C)O)cc2[C@H]1C. The van der Waals surface area contributed by atoms with Crippen molar-refractivity contribution >= 4 is 38.4 Å². The lowest BCUT2D eigenvalue weighted by Gasteiger charge is -2.33. The number of ether oxygens (including phenoxy) is 1. The Morgan fingerprint density at radius 1 is 1.20 bits per heavy atom. The summed E-state index contributed by atoms with van der Waals surface area (Å²) in [7, 11) is 1.95. The van der Waals surface area contributed by atoms with Gasteiger partial charge in [0, 0.05) is 34.8 Å². The molecule has 1 aliphatic heterocycles. The molecule has 0 fully saturated rings. The molecule has 0 saturated heterocycles. The number of aliphatic hydroxyl groups excluding tert-OH is 1. The van der Waals surface area contributed by atoms with E-state index in [0.29, 0.717) is 35.8 Å². The highest BCUT2D eigenvalue weighted by Gasteiger charge is 2.31. The van der Waals surface area contributed by atoms with Gasteiger partial charge >= 0.3 is 0 Å². The van der Waals surface area contributed by atoms with E-state index in [2.05, 4.69) is 11.6 Å². The summed E-state index contributed by atoms with van der Waals surface area (Å²) in [4.78, 5) is 24.1. The van der Waals surface area contributed by atoms with Gasteiger partial charge in [0.1, 0.15) is 29.6 Å². The van der Waals surface area contributed by atoms with Crippen molar-refractivity contribution in [3.05, 3.63) is 84.4 Å². The van der Waals surface area contributed by atoms with Crippen LogP contribution in [0.2, 0.25) is 0 Å². The molecule has 7 rings (SSSR count). The van der Waals surface area contributed by atoms with Gasteiger partial charge in [-0.3, -0.25) is 9.48 Å². The van der Waals surface area contributed by atoms with Crippen LogP contribution in [0.3, 0.4) is 0 Å². The minimum Gasteiger partial charge on any atom is -0.490 e. The topological polar surface area (TPSA) is 98.3 Å². The molecule has 0 spiro atoms. The number of aryl methyl sites for hydroxylation is 1. The summed E-state index contributed by atoms with van der Waals surface area (Å²) in [5, 5.41) is 17.8. The summed E-state index contributed by atoms with van der Waals surface area (Å²) in [6.07, 6.45) is 2.36. The van der Waals surface area contributed by atoms with E-state index in [1.807, 2.05) is 58.9 Å². The number of aromatic nitrogens is 5. The third-order valence-corrected chi connectivity index (χ3v) is 9.20. The number of carbonyl (C=O) groups excluding carboxylic acids is 1. The van der Waals surface area contributed by atoms with Gasteiger partial charge in [-0.1, -0.05) is 18.7 Å². The van der Waals surface area contributed by atoms with Gasteiger partial charge in [0.05, 0.1) is 53.0 Å². The molecule has 0 aliphatic carbocycles. The van der Waals surface area contributed by atoms with E-state index >= 15 is 4.39 Å². The average molecular weight is 623 g/mol. The number of fused-ring (bicyclic) bond motifs is 3. The van der Waals surface area contributed by atoms with Crippen molar-refractivity contribution in [3.63, 3.8) is 0 Å². The molecule has 0 radical (unpaired) electrons. The van der Waals surface area contributed by atoms with Crippen LogP contribution < -0.4 is 4.74 Å². The van der Waals surface area contributed by atoms with Gasteiger partial charge in [-0.15, -0.1) is 11.3 Å². The smallest absolute Gasteiger partial charge is 0.246 e. The van der Waals surface area contributed by atoms with Gasteiger partial charge in [-0.25, -0.2) is 14.4 Å². The van der Waals surface area contributed by atoms with E-state index < -0.39 is 11.9 Å². The number of hydrogen-bond donors (Lipinski definition) is 1. The number of hydrogen-bond acceptors (Lipinski definition) is 7. The molecule has 0 bridgehead atoms. The van der Waals surface area contributed by atoms with E-state index in [-0.39, 0.29) is 24.1 Å². The van der Waals surface area contributed by atoms with Gasteiger partial charge in [0.25, 0.3) is 0 Å². The molecule has 1 amide bonds. The quantitative estimate of drug-likeness (QED) is 0.208. The number of halogens is 1. The summed E-state index contributed by atoms with van der Waals surface area (Å²) in [6, 6.07) is 14.4. The van der Waals surface area contributed by atoms with Crippen LogP contribution in [0, 0.1) is 5.82 Å². The molecule has 6 aromatic rings. The Labute approximate surface area is 262 Å². The van der Waals surface area contributed by atoms with E-state index in [4.69, 9.17) is 14.8 Å². The maximum atomic E-state index is 16.0. The van der Waals surface area contributed by atoms with Crippen LogP contribution in [0.1, 0.15) is 25.6 Å². The lowest BCUT2D eigenvalue weighted by atomic mass is 9.96. The monoisotopic (exact) mass is 622 g/mol. The highest BCUT2D eigenvalue weighted by Crippen LogP contribution is 2.47. The first kappa shape index (κ1) is 28.9. The summed E-state index contributed by atoms with van der Waals surface area (Å²) in [5.41, 5.74) is 6.14. The van der Waals surface area contributed by atoms with Crippen LogP contribution in [0.5, 0.6) is 5.75 Å². The molecule has 228 valence electrons. The summed E-state index contributed by atoms with van der Waals surface area (Å²) in [6.45, 7) is 8.23. The summed E-state index contributed by atoms with van der Waals surface area (Å²) in [5.74, 6) is -0.316. The Kier molecular flexibility index (Phi) is 7.22. The molecular formula is C34H31FN6O3S. The fourth-order valence-electron chi connectivity index (χ4n) is 6.06. The Morgan fingerprint density at radius 2 is 2.04 bits per heavy atom. The molecular weight excluding hydrogens is 591 g/mol. The first-order valence-corrected chi connectivity index (χ1v) is 15.6. The highest BCUT2D eigenvalue weighted by molar-refractivity contribution is 7.18. The summed E-state index contributed by atoms with van der Waals surface area (Å²) >= 11 is 1.49. The average Bonchev–Trinajstić information content (AvgIpc) is 3.78. The number of carbonyl (C=O) groups is 1. The minimum atomic E-state index is -0.744. The Bertz CT molecular complexity index is 2110. The highest BCUT2D eigenvalue weighted by atomic mass is 32.1. The summed E-state index contributed by atoms with van der Waals surface area (Å²) < 4.78 is 26.6. The number of thiophene rings is 1. The fraction of sp³-hybridized carbons (Fsp3) is 0.235. The number of nitrogens with zero attached hydrogens (tertiary/aromatic N) is 6. The van der Waals surface area contributed by atoms with Crippen molar-refractivity contribution in [2.75, 3.05) is 13.2 Å². The Hall–Kier alpha value is -4.87. The lowest BCUT2D eigenvalue weighted by Crippen LogP contribution is -2.40. The predicted molar refractivity (Wildman–Crippen MR) is 173 cm³/mol. The largest absolute Gasteiger partial charge is 0.490 e. The van der Waals surface area contributed by atoms with Crippen molar-refractivity contribution in [1.29, 1.82) is 0 Å². The molecule has 5 heterocycles. The number of pyridine rings is 1. The molecule has 1 aliphatic rings. The van der Waals surface area contributed by atoms with E-state index in [0.717, 1.165) is 38.1 Å². The zero-order valence-electron chi connectivity index (χ0n) is 25.1. The number of imidazole rings is 1. The second-order valence-corrected chi connectivity index (χ2v) is 12.2. The Balaban J connectivity index is 1.50. The number of aliphatic hydroxyl groups is 1. The first-order chi connectivity index (χ1) is 21.7. The molecule has 45 heavy (non-hydrogen) atoms. The zero-order chi connectivity index (χ0) is 31.4. The molecule has 0 saturated carbocycles. The van der Waals surface area contributed by atoms with Crippen LogP contribution in [0.25, 0.3) is 54.9 Å². The third-order valence-electron chi connectivity index (χ3n) is 8.27. The Morgan fingerprint density at radius 3 is 2.84 bits per heavy atom. The van der Waals surface area contributed by atoms with Crippen LogP contribution in [0.15, 0.2) is 72.9 Å². The van der Waals surface area contributed by atoms with E-state index in [1.54, 1.807) is 30.3 Å².